The van der Waals surface area contributed by atoms with Crippen LogP contribution in [0.25, 0.3) is 11.1 Å². The molecule has 2 aliphatic rings. The van der Waals surface area contributed by atoms with Crippen LogP contribution in [0, 0.1) is 5.92 Å². The number of likely N-dealkylation sites (tertiary alicyclic amines) is 1. The van der Waals surface area contributed by atoms with E-state index in [2.05, 4.69) is 22.4 Å². The zero-order chi connectivity index (χ0) is 37.6. The van der Waals surface area contributed by atoms with E-state index in [1.165, 1.54) is 4.90 Å². The van der Waals surface area contributed by atoms with Crippen molar-refractivity contribution >= 4 is 29.7 Å². The van der Waals surface area contributed by atoms with Crippen molar-refractivity contribution in [2.24, 2.45) is 13.0 Å². The number of imide groups is 1. The van der Waals surface area contributed by atoms with E-state index in [0.717, 1.165) is 44.1 Å². The van der Waals surface area contributed by atoms with Crippen LogP contribution in [-0.2, 0) is 50.6 Å². The number of rotatable bonds is 12. The Bertz CT molecular complexity index is 2080. The Morgan fingerprint density at radius 2 is 1.65 bits per heavy atom. The van der Waals surface area contributed by atoms with E-state index >= 15 is 0 Å². The van der Waals surface area contributed by atoms with Crippen molar-refractivity contribution in [1.82, 2.24) is 25.0 Å². The lowest BCUT2D eigenvalue weighted by atomic mass is 9.91. The summed E-state index contributed by atoms with van der Waals surface area (Å²) in [5, 5.41) is 21.2. The lowest BCUT2D eigenvalue weighted by Gasteiger charge is -2.41. The van der Waals surface area contributed by atoms with Crippen molar-refractivity contribution in [2.45, 2.75) is 62.8 Å². The molecule has 54 heavy (non-hydrogen) atoms. The topological polar surface area (TPSA) is 145 Å². The number of aryl methyl sites for hydroxylation is 1. The lowest BCUT2D eigenvalue weighted by molar-refractivity contribution is -0.268. The Morgan fingerprint density at radius 3 is 2.37 bits per heavy atom. The second-order valence-electron chi connectivity index (χ2n) is 13.4. The number of benzene rings is 4. The summed E-state index contributed by atoms with van der Waals surface area (Å²) >= 11 is 1.58. The standard InChI is InChI=1S/C41H41N5O7S/c1-26-35(24-54-40-44-42-25-45(40)2)52-39(53-37(26)30-14-12-27(22-47)13-15-30)31-18-16-29(17-19-31)33-11-7-6-10-32(33)21-46-36(48)20-34(38(46)49)43-41(50)51-23-28-8-4-3-5-9-28/h3-19,25-26,34-35,37,39,47H,20-24H2,1-2H3,(H,43,50)/t26-,34?,35+,37+,39+/m0/s1. The van der Waals surface area contributed by atoms with Gasteiger partial charge in [-0.25, -0.2) is 4.79 Å². The predicted molar refractivity (Wildman–Crippen MR) is 200 cm³/mol. The number of aliphatic hydroxyl groups is 1. The summed E-state index contributed by atoms with van der Waals surface area (Å²) in [5.74, 6) is -0.190. The molecule has 3 amide bonds. The average molecular weight is 748 g/mol. The van der Waals surface area contributed by atoms with Crippen LogP contribution in [0.15, 0.2) is 115 Å². The fourth-order valence-corrected chi connectivity index (χ4v) is 7.72. The molecule has 5 atom stereocenters. The number of carbonyl (C=O) groups is 3. The van der Waals surface area contributed by atoms with Crippen molar-refractivity contribution in [2.75, 3.05) is 5.75 Å². The zero-order valence-corrected chi connectivity index (χ0v) is 30.7. The summed E-state index contributed by atoms with van der Waals surface area (Å²) in [7, 11) is 1.91. The second kappa shape index (κ2) is 16.8. The number of thioether (sulfide) groups is 1. The first-order valence-corrected chi connectivity index (χ1v) is 18.7. The molecule has 1 unspecified atom stereocenters. The Kier molecular flexibility index (Phi) is 11.5. The van der Waals surface area contributed by atoms with E-state index in [1.54, 1.807) is 18.1 Å². The van der Waals surface area contributed by atoms with Crippen LogP contribution in [0.5, 0.6) is 0 Å². The maximum Gasteiger partial charge on any atom is 0.408 e. The minimum Gasteiger partial charge on any atom is -0.445 e. The maximum absolute atomic E-state index is 13.3. The number of aromatic nitrogens is 3. The number of hydrogen-bond donors (Lipinski definition) is 2. The van der Waals surface area contributed by atoms with Gasteiger partial charge in [0.15, 0.2) is 11.4 Å². The highest BCUT2D eigenvalue weighted by Crippen LogP contribution is 2.43. The third-order valence-electron chi connectivity index (χ3n) is 9.76. The summed E-state index contributed by atoms with van der Waals surface area (Å²) < 4.78 is 20.4. The van der Waals surface area contributed by atoms with Gasteiger partial charge < -0.3 is 29.2 Å². The Labute approximate surface area is 317 Å². The molecule has 0 aliphatic carbocycles. The normalized spacial score (nSPS) is 21.3. The monoisotopic (exact) mass is 747 g/mol. The highest BCUT2D eigenvalue weighted by Gasteiger charge is 2.41. The molecule has 2 N–H and O–H groups in total. The van der Waals surface area contributed by atoms with Gasteiger partial charge in [0.25, 0.3) is 5.91 Å². The van der Waals surface area contributed by atoms with E-state index in [-0.39, 0.29) is 50.2 Å². The summed E-state index contributed by atoms with van der Waals surface area (Å²) in [5.41, 5.74) is 6.02. The van der Waals surface area contributed by atoms with Crippen molar-refractivity contribution in [3.05, 3.63) is 137 Å². The number of aliphatic hydroxyl groups excluding tert-OH is 1. The molecule has 2 fully saturated rings. The molecule has 0 saturated carbocycles. The number of carbonyl (C=O) groups excluding carboxylic acids is 3. The molecule has 0 spiro atoms. The highest BCUT2D eigenvalue weighted by atomic mass is 32.2. The van der Waals surface area contributed by atoms with Crippen molar-refractivity contribution in [1.29, 1.82) is 0 Å². The molecule has 278 valence electrons. The Morgan fingerprint density at radius 1 is 0.926 bits per heavy atom. The van der Waals surface area contributed by atoms with Gasteiger partial charge in [-0.3, -0.25) is 14.5 Å². The molecule has 3 heterocycles. The SMILES string of the molecule is C[C@H]1[C@@H](CSc2nncn2C)O[C@@H](c2ccc(-c3ccccc3CN3C(=O)CC(NC(=O)OCc4ccccc4)C3=O)cc2)O[C@H]1c1ccc(CO)cc1. The largest absolute Gasteiger partial charge is 0.445 e. The summed E-state index contributed by atoms with van der Waals surface area (Å²) in [4.78, 5) is 40.0. The first kappa shape index (κ1) is 37.0. The first-order chi connectivity index (χ1) is 26.3. The average Bonchev–Trinajstić information content (AvgIpc) is 3.73. The van der Waals surface area contributed by atoms with Crippen LogP contribution >= 0.6 is 11.8 Å². The molecule has 7 rings (SSSR count). The number of hydrogen-bond acceptors (Lipinski definition) is 10. The van der Waals surface area contributed by atoms with Crippen LogP contribution in [0.1, 0.15) is 53.6 Å². The van der Waals surface area contributed by atoms with Crippen LogP contribution < -0.4 is 5.32 Å². The van der Waals surface area contributed by atoms with E-state index in [0.29, 0.717) is 5.75 Å². The third kappa shape index (κ3) is 8.39. The lowest BCUT2D eigenvalue weighted by Crippen LogP contribution is -2.41. The smallest absolute Gasteiger partial charge is 0.408 e. The first-order valence-electron chi connectivity index (χ1n) is 17.7. The van der Waals surface area contributed by atoms with Gasteiger partial charge in [-0.1, -0.05) is 122 Å². The van der Waals surface area contributed by atoms with E-state index in [1.807, 2.05) is 115 Å². The summed E-state index contributed by atoms with van der Waals surface area (Å²) in [6.07, 6.45) is -0.307. The van der Waals surface area contributed by atoms with Crippen molar-refractivity contribution in [3.63, 3.8) is 0 Å². The maximum atomic E-state index is 13.3. The third-order valence-corrected chi connectivity index (χ3v) is 10.9. The molecule has 12 nitrogen and oxygen atoms in total. The molecule has 13 heteroatoms. The molecule has 2 aliphatic heterocycles. The number of nitrogens with zero attached hydrogens (tertiary/aromatic N) is 4. The molecule has 1 aromatic heterocycles. The summed E-state index contributed by atoms with van der Waals surface area (Å²) in [6.45, 7) is 2.20. The molecular weight excluding hydrogens is 707 g/mol. The molecule has 0 bridgehead atoms. The van der Waals surface area contributed by atoms with E-state index < -0.39 is 24.3 Å². The molecular formula is C41H41N5O7S. The molecule has 0 radical (unpaired) electrons. The van der Waals surface area contributed by atoms with Gasteiger partial charge in [0.05, 0.1) is 31.8 Å². The van der Waals surface area contributed by atoms with Crippen LogP contribution in [0.2, 0.25) is 0 Å². The van der Waals surface area contributed by atoms with Gasteiger partial charge in [0.1, 0.15) is 19.0 Å². The van der Waals surface area contributed by atoms with Gasteiger partial charge in [0.2, 0.25) is 5.91 Å². The van der Waals surface area contributed by atoms with Crippen LogP contribution in [-0.4, -0.2) is 60.6 Å². The van der Waals surface area contributed by atoms with E-state index in [4.69, 9.17) is 14.2 Å². The molecule has 2 saturated heterocycles. The number of ether oxygens (including phenoxy) is 3. The number of amides is 3. The van der Waals surface area contributed by atoms with Gasteiger partial charge in [-0.15, -0.1) is 10.2 Å². The van der Waals surface area contributed by atoms with Crippen LogP contribution in [0.3, 0.4) is 0 Å². The van der Waals surface area contributed by atoms with Gasteiger partial charge in [-0.05, 0) is 33.4 Å². The zero-order valence-electron chi connectivity index (χ0n) is 29.9. The molecule has 4 aromatic carbocycles. The van der Waals surface area contributed by atoms with Crippen molar-refractivity contribution in [3.8, 4) is 11.1 Å². The Balaban J connectivity index is 1.05. The number of nitrogens with one attached hydrogen (secondary N) is 1. The summed E-state index contributed by atoms with van der Waals surface area (Å²) in [6, 6.07) is 31.5. The van der Waals surface area contributed by atoms with Crippen LogP contribution in [0.4, 0.5) is 4.79 Å². The second-order valence-corrected chi connectivity index (χ2v) is 14.4. The van der Waals surface area contributed by atoms with E-state index in [9.17, 15) is 19.5 Å². The van der Waals surface area contributed by atoms with Crippen molar-refractivity contribution < 1.29 is 33.7 Å². The fourth-order valence-electron chi connectivity index (χ4n) is 6.67. The van der Waals surface area contributed by atoms with Gasteiger partial charge >= 0.3 is 6.09 Å². The minimum absolute atomic E-state index is 0.0128. The predicted octanol–water partition coefficient (Wildman–Crippen LogP) is 6.11. The number of alkyl carbamates (subject to hydrolysis) is 1. The quantitative estimate of drug-likeness (QED) is 0.113. The fraction of sp³-hybridized carbons (Fsp3) is 0.293. The highest BCUT2D eigenvalue weighted by molar-refractivity contribution is 7.99. The van der Waals surface area contributed by atoms with Gasteiger partial charge in [-0.2, -0.15) is 0 Å². The minimum atomic E-state index is -0.996. The molecule has 5 aromatic rings. The van der Waals surface area contributed by atoms with Gasteiger partial charge in [0, 0.05) is 24.3 Å². The Hall–Kier alpha value is -5.34.